The first-order valence-corrected chi connectivity index (χ1v) is 9.55. The van der Waals surface area contributed by atoms with E-state index in [2.05, 4.69) is 43.8 Å². The topological polar surface area (TPSA) is 55.8 Å². The number of likely N-dealkylation sites (N-methyl/N-ethyl adjacent to an activating group) is 1. The van der Waals surface area contributed by atoms with Crippen molar-refractivity contribution in [3.63, 3.8) is 0 Å². The van der Waals surface area contributed by atoms with E-state index in [0.717, 1.165) is 39.3 Å². The van der Waals surface area contributed by atoms with Crippen molar-refractivity contribution in [2.24, 2.45) is 0 Å². The van der Waals surface area contributed by atoms with E-state index in [-0.39, 0.29) is 5.91 Å². The van der Waals surface area contributed by atoms with Crippen molar-refractivity contribution < 1.29 is 4.79 Å². The van der Waals surface area contributed by atoms with E-state index < -0.39 is 0 Å². The molecule has 2 aromatic rings. The maximum absolute atomic E-state index is 12.8. The van der Waals surface area contributed by atoms with Gasteiger partial charge in [0.1, 0.15) is 0 Å². The van der Waals surface area contributed by atoms with Crippen LogP contribution in [0, 0.1) is 0 Å². The van der Waals surface area contributed by atoms with Crippen LogP contribution in [-0.2, 0) is 0 Å². The number of amides is 1. The smallest absolute Gasteiger partial charge is 0.257 e. The predicted octanol–water partition coefficient (Wildman–Crippen LogP) is 1.19. The van der Waals surface area contributed by atoms with Crippen LogP contribution in [0.1, 0.15) is 10.4 Å². The van der Waals surface area contributed by atoms with E-state index in [9.17, 15) is 4.79 Å². The maximum atomic E-state index is 12.8. The second kappa shape index (κ2) is 7.92. The first kappa shape index (κ1) is 17.7. The first-order valence-electron chi connectivity index (χ1n) is 9.55. The Balaban J connectivity index is 1.35. The van der Waals surface area contributed by atoms with Crippen LogP contribution in [0.2, 0.25) is 0 Å². The minimum absolute atomic E-state index is 0.0210. The molecule has 1 amide bonds. The van der Waals surface area contributed by atoms with Gasteiger partial charge in [-0.05, 0) is 19.2 Å². The number of hydrogen-bond donors (Lipinski definition) is 0. The molecule has 2 aliphatic rings. The van der Waals surface area contributed by atoms with Crippen molar-refractivity contribution in [1.29, 1.82) is 0 Å². The molecule has 0 N–H and O–H groups in total. The van der Waals surface area contributed by atoms with Crippen LogP contribution in [0.4, 0.5) is 11.6 Å². The van der Waals surface area contributed by atoms with E-state index in [1.165, 1.54) is 5.69 Å². The van der Waals surface area contributed by atoms with Crippen LogP contribution >= 0.6 is 0 Å². The Morgan fingerprint density at radius 1 is 0.815 bits per heavy atom. The lowest BCUT2D eigenvalue weighted by Gasteiger charge is -2.36. The molecule has 0 saturated carbocycles. The molecular formula is C20H26N6O. The third kappa shape index (κ3) is 4.03. The van der Waals surface area contributed by atoms with Gasteiger partial charge < -0.3 is 19.6 Å². The van der Waals surface area contributed by atoms with Crippen LogP contribution in [0.3, 0.4) is 0 Å². The molecule has 0 atom stereocenters. The van der Waals surface area contributed by atoms with Gasteiger partial charge >= 0.3 is 0 Å². The third-order valence-electron chi connectivity index (χ3n) is 5.36. The first-order chi connectivity index (χ1) is 13.2. The number of rotatable bonds is 3. The van der Waals surface area contributed by atoms with Crippen molar-refractivity contribution in [2.75, 3.05) is 69.2 Å². The zero-order valence-electron chi connectivity index (χ0n) is 15.8. The van der Waals surface area contributed by atoms with E-state index in [4.69, 9.17) is 0 Å². The highest BCUT2D eigenvalue weighted by Crippen LogP contribution is 2.17. The fraction of sp³-hybridized carbons (Fsp3) is 0.450. The van der Waals surface area contributed by atoms with Gasteiger partial charge in [0.05, 0.1) is 5.56 Å². The van der Waals surface area contributed by atoms with E-state index in [1.807, 2.05) is 23.1 Å². The Bertz CT molecular complexity index is 750. The summed E-state index contributed by atoms with van der Waals surface area (Å²) in [6.07, 6.45) is 3.35. The Kier molecular flexibility index (Phi) is 5.20. The van der Waals surface area contributed by atoms with Crippen LogP contribution in [0.25, 0.3) is 0 Å². The fourth-order valence-electron chi connectivity index (χ4n) is 3.59. The van der Waals surface area contributed by atoms with Gasteiger partial charge in [0.15, 0.2) is 0 Å². The van der Waals surface area contributed by atoms with Gasteiger partial charge in [-0.1, -0.05) is 18.2 Å². The average molecular weight is 366 g/mol. The number of aromatic nitrogens is 2. The summed E-state index contributed by atoms with van der Waals surface area (Å²) in [4.78, 5) is 30.4. The molecule has 0 bridgehead atoms. The number of nitrogens with zero attached hydrogens (tertiary/aromatic N) is 6. The highest BCUT2D eigenvalue weighted by molar-refractivity contribution is 5.93. The average Bonchev–Trinajstić information content (AvgIpc) is 2.75. The van der Waals surface area contributed by atoms with Crippen molar-refractivity contribution in [3.05, 3.63) is 48.3 Å². The van der Waals surface area contributed by atoms with Crippen LogP contribution in [0.5, 0.6) is 0 Å². The second-order valence-corrected chi connectivity index (χ2v) is 7.18. The lowest BCUT2D eigenvalue weighted by Crippen LogP contribution is -2.49. The predicted molar refractivity (Wildman–Crippen MR) is 106 cm³/mol. The van der Waals surface area contributed by atoms with Gasteiger partial charge in [0.25, 0.3) is 5.91 Å². The van der Waals surface area contributed by atoms with Gasteiger partial charge in [-0.15, -0.1) is 0 Å². The molecular weight excluding hydrogens is 340 g/mol. The molecule has 2 saturated heterocycles. The summed E-state index contributed by atoms with van der Waals surface area (Å²) in [7, 11) is 2.12. The quantitative estimate of drug-likeness (QED) is 0.813. The Morgan fingerprint density at radius 2 is 1.41 bits per heavy atom. The van der Waals surface area contributed by atoms with Crippen molar-refractivity contribution in [1.82, 2.24) is 19.8 Å². The van der Waals surface area contributed by atoms with Crippen molar-refractivity contribution >= 4 is 17.5 Å². The summed E-state index contributed by atoms with van der Waals surface area (Å²) >= 11 is 0. The Morgan fingerprint density at radius 3 is 2.04 bits per heavy atom. The zero-order chi connectivity index (χ0) is 18.6. The van der Waals surface area contributed by atoms with Gasteiger partial charge in [0, 0.05) is 70.4 Å². The molecule has 0 radical (unpaired) electrons. The van der Waals surface area contributed by atoms with E-state index in [1.54, 1.807) is 12.4 Å². The monoisotopic (exact) mass is 366 g/mol. The molecule has 7 heteroatoms. The molecule has 4 rings (SSSR count). The van der Waals surface area contributed by atoms with E-state index >= 15 is 0 Å². The fourth-order valence-corrected chi connectivity index (χ4v) is 3.59. The molecule has 142 valence electrons. The Labute approximate surface area is 160 Å². The molecule has 2 aliphatic heterocycles. The summed E-state index contributed by atoms with van der Waals surface area (Å²) in [6, 6.07) is 10.3. The largest absolute Gasteiger partial charge is 0.368 e. The molecule has 3 heterocycles. The summed E-state index contributed by atoms with van der Waals surface area (Å²) in [5.74, 6) is 0.737. The van der Waals surface area contributed by atoms with Crippen LogP contribution in [-0.4, -0.2) is 85.1 Å². The minimum Gasteiger partial charge on any atom is -0.368 e. The Hall–Kier alpha value is -2.67. The molecule has 0 spiro atoms. The van der Waals surface area contributed by atoms with Crippen LogP contribution in [0.15, 0.2) is 42.7 Å². The molecule has 1 aromatic carbocycles. The van der Waals surface area contributed by atoms with Crippen molar-refractivity contribution in [3.8, 4) is 0 Å². The SMILES string of the molecule is CN1CCN(c2ncc(C(=O)N3CCN(c4ccccc4)CC3)cn2)CC1. The molecule has 7 nitrogen and oxygen atoms in total. The standard InChI is InChI=1S/C20H26N6O/c1-23-7-9-26(10-8-23)20-21-15-17(16-22-20)19(27)25-13-11-24(12-14-25)18-5-3-2-4-6-18/h2-6,15-16H,7-14H2,1H3. The lowest BCUT2D eigenvalue weighted by atomic mass is 10.2. The van der Waals surface area contributed by atoms with Crippen molar-refractivity contribution in [2.45, 2.75) is 0 Å². The van der Waals surface area contributed by atoms with Gasteiger partial charge in [0.2, 0.25) is 5.95 Å². The molecule has 27 heavy (non-hydrogen) atoms. The maximum Gasteiger partial charge on any atom is 0.257 e. The molecule has 0 unspecified atom stereocenters. The van der Waals surface area contributed by atoms with Gasteiger partial charge in [-0.25, -0.2) is 9.97 Å². The summed E-state index contributed by atoms with van der Waals surface area (Å²) in [5.41, 5.74) is 1.78. The highest BCUT2D eigenvalue weighted by atomic mass is 16.2. The number of para-hydroxylation sites is 1. The summed E-state index contributed by atoms with van der Waals surface area (Å²) < 4.78 is 0. The number of hydrogen-bond acceptors (Lipinski definition) is 6. The zero-order valence-corrected chi connectivity index (χ0v) is 15.8. The lowest BCUT2D eigenvalue weighted by molar-refractivity contribution is 0.0746. The molecule has 2 fully saturated rings. The normalized spacial score (nSPS) is 18.6. The number of anilines is 2. The summed E-state index contributed by atoms with van der Waals surface area (Å²) in [5, 5.41) is 0. The van der Waals surface area contributed by atoms with Gasteiger partial charge in [-0.2, -0.15) is 0 Å². The summed E-state index contributed by atoms with van der Waals surface area (Å²) in [6.45, 7) is 6.98. The van der Waals surface area contributed by atoms with E-state index in [0.29, 0.717) is 24.6 Å². The van der Waals surface area contributed by atoms with Crippen LogP contribution < -0.4 is 9.80 Å². The third-order valence-corrected chi connectivity index (χ3v) is 5.36. The molecule has 0 aliphatic carbocycles. The molecule has 1 aromatic heterocycles. The number of benzene rings is 1. The number of piperazine rings is 2. The second-order valence-electron chi connectivity index (χ2n) is 7.18. The number of carbonyl (C=O) groups excluding carboxylic acids is 1. The minimum atomic E-state index is 0.0210. The number of carbonyl (C=O) groups is 1. The highest BCUT2D eigenvalue weighted by Gasteiger charge is 2.23. The van der Waals surface area contributed by atoms with Gasteiger partial charge in [-0.3, -0.25) is 4.79 Å².